The van der Waals surface area contributed by atoms with Crippen molar-refractivity contribution in [2.24, 2.45) is 11.7 Å². The summed E-state index contributed by atoms with van der Waals surface area (Å²) in [5.74, 6) is 0.338. The normalized spacial score (nSPS) is 16.2. The second-order valence-corrected chi connectivity index (χ2v) is 7.66. The molecule has 4 rings (SSSR count). The molecule has 0 amide bonds. The number of aromatic nitrogens is 1. The Kier molecular flexibility index (Phi) is 13.7. The monoisotopic (exact) mass is 448 g/mol. The SMILES string of the molecule is C1CCNC1.CC.CO.NC(CCC1CC1)(c1ccc(F)c(NCO)c1)c1ccccn1. The molecule has 7 heteroatoms. The van der Waals surface area contributed by atoms with Gasteiger partial charge in [-0.2, -0.15) is 0 Å². The molecule has 1 aromatic heterocycles. The maximum atomic E-state index is 13.8. The summed E-state index contributed by atoms with van der Waals surface area (Å²) >= 11 is 0. The van der Waals surface area contributed by atoms with E-state index in [0.717, 1.165) is 37.1 Å². The van der Waals surface area contributed by atoms with Gasteiger partial charge in [0, 0.05) is 13.3 Å². The van der Waals surface area contributed by atoms with E-state index in [-0.39, 0.29) is 12.4 Å². The molecule has 6 nitrogen and oxygen atoms in total. The standard InChI is InChI=1S/C18H22FN3O.C4H9N.C2H6.CH4O/c19-15-7-6-14(11-16(15)22-12-23)18(20,9-8-13-4-5-13)17-3-1-2-10-21-17;1-2-4-5-3-1;2*1-2/h1-3,6-7,10-11,13,22-23H,4-5,8-9,12,20H2;5H,1-4H2;1-2H3;2H,1H3. The Hall–Kier alpha value is -2.06. The van der Waals surface area contributed by atoms with E-state index < -0.39 is 11.4 Å². The minimum absolute atomic E-state index is 0.252. The summed E-state index contributed by atoms with van der Waals surface area (Å²) < 4.78 is 13.8. The predicted molar refractivity (Wildman–Crippen MR) is 130 cm³/mol. The lowest BCUT2D eigenvalue weighted by Gasteiger charge is -2.30. The average molecular weight is 449 g/mol. The van der Waals surface area contributed by atoms with Crippen LogP contribution in [0.3, 0.4) is 0 Å². The maximum Gasteiger partial charge on any atom is 0.146 e. The topological polar surface area (TPSA) is 103 Å². The first-order chi connectivity index (χ1) is 15.6. The largest absolute Gasteiger partial charge is 0.400 e. The summed E-state index contributed by atoms with van der Waals surface area (Å²) in [4.78, 5) is 4.44. The van der Waals surface area contributed by atoms with Gasteiger partial charge in [-0.1, -0.05) is 38.8 Å². The first-order valence-electron chi connectivity index (χ1n) is 11.6. The first-order valence-corrected chi connectivity index (χ1v) is 11.6. The third-order valence-electron chi connectivity index (χ3n) is 5.47. The van der Waals surface area contributed by atoms with Crippen molar-refractivity contribution in [2.45, 2.75) is 57.9 Å². The molecule has 6 N–H and O–H groups in total. The van der Waals surface area contributed by atoms with E-state index in [1.807, 2.05) is 32.0 Å². The zero-order valence-electron chi connectivity index (χ0n) is 19.8. The van der Waals surface area contributed by atoms with Crippen molar-refractivity contribution in [3.05, 3.63) is 59.7 Å². The predicted octanol–water partition coefficient (Wildman–Crippen LogP) is 3.98. The van der Waals surface area contributed by atoms with Gasteiger partial charge in [0.25, 0.3) is 0 Å². The highest BCUT2D eigenvalue weighted by Gasteiger charge is 2.34. The Morgan fingerprint density at radius 3 is 2.34 bits per heavy atom. The highest BCUT2D eigenvalue weighted by atomic mass is 19.1. The van der Waals surface area contributed by atoms with Gasteiger partial charge in [0.15, 0.2) is 0 Å². The van der Waals surface area contributed by atoms with Crippen LogP contribution < -0.4 is 16.4 Å². The molecule has 2 aromatic rings. The molecule has 180 valence electrons. The molecular formula is C25H41FN4O2. The van der Waals surface area contributed by atoms with E-state index in [2.05, 4.69) is 15.6 Å². The molecule has 2 fully saturated rings. The van der Waals surface area contributed by atoms with Crippen molar-refractivity contribution in [3.63, 3.8) is 0 Å². The molecule has 1 atom stereocenters. The van der Waals surface area contributed by atoms with Crippen LogP contribution in [0.5, 0.6) is 0 Å². The minimum Gasteiger partial charge on any atom is -0.400 e. The molecule has 1 aliphatic heterocycles. The molecule has 2 aliphatic rings. The van der Waals surface area contributed by atoms with Gasteiger partial charge in [0.05, 0.1) is 16.9 Å². The third-order valence-corrected chi connectivity index (χ3v) is 5.47. The van der Waals surface area contributed by atoms with Crippen molar-refractivity contribution in [1.29, 1.82) is 0 Å². The molecule has 2 heterocycles. The van der Waals surface area contributed by atoms with Crippen LogP contribution in [0.15, 0.2) is 42.6 Å². The van der Waals surface area contributed by atoms with Gasteiger partial charge < -0.3 is 26.6 Å². The number of halogens is 1. The number of aliphatic hydroxyl groups excluding tert-OH is 2. The maximum absolute atomic E-state index is 13.8. The number of aliphatic hydroxyl groups is 2. The van der Waals surface area contributed by atoms with Crippen LogP contribution in [0.4, 0.5) is 10.1 Å². The fourth-order valence-electron chi connectivity index (χ4n) is 3.53. The van der Waals surface area contributed by atoms with Gasteiger partial charge in [-0.3, -0.25) is 4.98 Å². The molecule has 1 aromatic carbocycles. The average Bonchev–Trinajstić information content (AvgIpc) is 3.49. The smallest absolute Gasteiger partial charge is 0.146 e. The Bertz CT molecular complexity index is 732. The summed E-state index contributed by atoms with van der Waals surface area (Å²) in [7, 11) is 1.00. The molecule has 1 saturated heterocycles. The van der Waals surface area contributed by atoms with Crippen molar-refractivity contribution in [2.75, 3.05) is 32.2 Å². The Morgan fingerprint density at radius 1 is 1.16 bits per heavy atom. The fourth-order valence-corrected chi connectivity index (χ4v) is 3.53. The highest BCUT2D eigenvalue weighted by molar-refractivity contribution is 5.50. The number of benzene rings is 1. The van der Waals surface area contributed by atoms with Crippen LogP contribution in [0.2, 0.25) is 0 Å². The minimum atomic E-state index is -0.760. The van der Waals surface area contributed by atoms with Crippen LogP contribution in [-0.4, -0.2) is 42.1 Å². The van der Waals surface area contributed by atoms with E-state index in [4.69, 9.17) is 15.9 Å². The van der Waals surface area contributed by atoms with E-state index in [1.165, 1.54) is 44.8 Å². The number of nitrogens with two attached hydrogens (primary N) is 1. The third kappa shape index (κ3) is 8.82. The van der Waals surface area contributed by atoms with E-state index in [1.54, 1.807) is 18.3 Å². The number of hydrogen-bond donors (Lipinski definition) is 5. The zero-order valence-corrected chi connectivity index (χ0v) is 19.8. The summed E-state index contributed by atoms with van der Waals surface area (Å²) in [5, 5.41) is 21.9. The lowest BCUT2D eigenvalue weighted by atomic mass is 9.82. The van der Waals surface area contributed by atoms with Crippen molar-refractivity contribution >= 4 is 5.69 Å². The molecule has 1 unspecified atom stereocenters. The van der Waals surface area contributed by atoms with Gasteiger partial charge in [-0.05, 0) is 74.5 Å². The van der Waals surface area contributed by atoms with Crippen LogP contribution >= 0.6 is 0 Å². The second-order valence-electron chi connectivity index (χ2n) is 7.66. The van der Waals surface area contributed by atoms with E-state index in [9.17, 15) is 4.39 Å². The lowest BCUT2D eigenvalue weighted by molar-refractivity contribution is 0.325. The molecule has 32 heavy (non-hydrogen) atoms. The number of nitrogens with one attached hydrogen (secondary N) is 2. The summed E-state index contributed by atoms with van der Waals surface area (Å²) in [6, 6.07) is 10.4. The Morgan fingerprint density at radius 2 is 1.84 bits per heavy atom. The van der Waals surface area contributed by atoms with Gasteiger partial charge >= 0.3 is 0 Å². The van der Waals surface area contributed by atoms with Gasteiger partial charge in [0.2, 0.25) is 0 Å². The molecule has 0 bridgehead atoms. The van der Waals surface area contributed by atoms with Gasteiger partial charge in [0.1, 0.15) is 12.5 Å². The number of rotatable bonds is 7. The zero-order chi connectivity index (χ0) is 23.8. The molecule has 0 radical (unpaired) electrons. The molecule has 1 saturated carbocycles. The summed E-state index contributed by atoms with van der Waals surface area (Å²) in [6.45, 7) is 6.17. The first kappa shape index (κ1) is 28.0. The molecular weight excluding hydrogens is 407 g/mol. The summed E-state index contributed by atoms with van der Waals surface area (Å²) in [5.41, 5.74) is 7.83. The van der Waals surface area contributed by atoms with Crippen LogP contribution in [-0.2, 0) is 5.54 Å². The van der Waals surface area contributed by atoms with Crippen LogP contribution in [0, 0.1) is 11.7 Å². The number of anilines is 1. The fraction of sp³-hybridized carbons (Fsp3) is 0.560. The van der Waals surface area contributed by atoms with Gasteiger partial charge in [-0.15, -0.1) is 0 Å². The van der Waals surface area contributed by atoms with Crippen molar-refractivity contribution in [1.82, 2.24) is 10.3 Å². The number of pyridine rings is 1. The number of hydrogen-bond acceptors (Lipinski definition) is 6. The second kappa shape index (κ2) is 15.7. The molecule has 1 aliphatic carbocycles. The molecule has 0 spiro atoms. The number of nitrogens with zero attached hydrogens (tertiary/aromatic N) is 1. The van der Waals surface area contributed by atoms with E-state index >= 15 is 0 Å². The van der Waals surface area contributed by atoms with Gasteiger partial charge in [-0.25, -0.2) is 4.39 Å². The Balaban J connectivity index is 0.000000485. The van der Waals surface area contributed by atoms with Crippen molar-refractivity contribution < 1.29 is 14.6 Å². The highest BCUT2D eigenvalue weighted by Crippen LogP contribution is 2.39. The lowest BCUT2D eigenvalue weighted by Crippen LogP contribution is -2.39. The quantitative estimate of drug-likeness (QED) is 0.411. The van der Waals surface area contributed by atoms with Crippen molar-refractivity contribution in [3.8, 4) is 0 Å². The summed E-state index contributed by atoms with van der Waals surface area (Å²) in [6.07, 6.45) is 8.83. The van der Waals surface area contributed by atoms with Crippen LogP contribution in [0.1, 0.15) is 63.6 Å². The van der Waals surface area contributed by atoms with E-state index in [0.29, 0.717) is 0 Å². The Labute approximate surface area is 192 Å². The van der Waals surface area contributed by atoms with Crippen LogP contribution in [0.25, 0.3) is 0 Å².